The summed E-state index contributed by atoms with van der Waals surface area (Å²) in [6.07, 6.45) is 2.88. The standard InChI is InChI=1S/C30H40N6O4S2Si/c1-6-40-28(38)25-24(14-10-16-37)42-29(31-25)35-15-9-11-21-20(2)26(33-34-27(21)35)32-30-36(19-39-17-18-43(3,4)5)22-12-7-8-13-23(22)41-30/h7-8,12-13,37H,6,9-11,14-19H2,1-5H3. The van der Waals surface area contributed by atoms with E-state index in [1.165, 1.54) is 11.3 Å². The molecule has 0 amide bonds. The number of nitrogens with zero attached hydrogens (tertiary/aromatic N) is 6. The molecule has 0 unspecified atom stereocenters. The van der Waals surface area contributed by atoms with Crippen molar-refractivity contribution in [2.75, 3.05) is 31.3 Å². The predicted octanol–water partition coefficient (Wildman–Crippen LogP) is 5.99. The Bertz CT molecular complexity index is 1660. The van der Waals surface area contributed by atoms with E-state index in [1.807, 2.05) is 17.0 Å². The molecule has 43 heavy (non-hydrogen) atoms. The second-order valence-corrected chi connectivity index (χ2v) is 19.5. The normalized spacial score (nSPS) is 14.0. The Labute approximate surface area is 261 Å². The van der Waals surface area contributed by atoms with Gasteiger partial charge in [-0.25, -0.2) is 9.78 Å². The topological polar surface area (TPSA) is 115 Å². The van der Waals surface area contributed by atoms with Gasteiger partial charge in [0, 0.05) is 43.8 Å². The monoisotopic (exact) mass is 640 g/mol. The molecule has 0 fully saturated rings. The first kappa shape index (κ1) is 31.5. The predicted molar refractivity (Wildman–Crippen MR) is 175 cm³/mol. The minimum Gasteiger partial charge on any atom is -0.461 e. The van der Waals surface area contributed by atoms with Gasteiger partial charge in [0.2, 0.25) is 0 Å². The molecule has 1 aliphatic rings. The number of carbonyl (C=O) groups excluding carboxylic acids is 1. The molecule has 0 aliphatic carbocycles. The molecule has 3 aromatic heterocycles. The molecule has 0 bridgehead atoms. The molecule has 0 saturated heterocycles. The van der Waals surface area contributed by atoms with Crippen LogP contribution >= 0.6 is 22.7 Å². The quantitative estimate of drug-likeness (QED) is 0.114. The first-order chi connectivity index (χ1) is 20.7. The smallest absolute Gasteiger partial charge is 0.358 e. The van der Waals surface area contributed by atoms with Crippen LogP contribution in [0.2, 0.25) is 25.7 Å². The molecule has 1 N–H and O–H groups in total. The molecular formula is C30H40N6O4S2Si. The molecule has 10 nitrogen and oxygen atoms in total. The van der Waals surface area contributed by atoms with Gasteiger partial charge in [-0.3, -0.25) is 4.57 Å². The maximum absolute atomic E-state index is 12.7. The number of anilines is 2. The summed E-state index contributed by atoms with van der Waals surface area (Å²) in [5.74, 6) is 0.908. The van der Waals surface area contributed by atoms with Crippen molar-refractivity contribution in [1.82, 2.24) is 19.7 Å². The van der Waals surface area contributed by atoms with Gasteiger partial charge in [0.25, 0.3) is 0 Å². The molecule has 4 heterocycles. The lowest BCUT2D eigenvalue weighted by Crippen LogP contribution is -2.27. The summed E-state index contributed by atoms with van der Waals surface area (Å²) in [5.41, 5.74) is 3.48. The number of benzene rings is 1. The number of fused-ring (bicyclic) bond motifs is 2. The fourth-order valence-corrected chi connectivity index (χ4v) is 7.83. The Morgan fingerprint density at radius 3 is 2.77 bits per heavy atom. The number of para-hydroxylation sites is 1. The van der Waals surface area contributed by atoms with Crippen LogP contribution in [0.15, 0.2) is 29.3 Å². The summed E-state index contributed by atoms with van der Waals surface area (Å²) in [4.78, 5) is 26.1. The summed E-state index contributed by atoms with van der Waals surface area (Å²) < 4.78 is 14.7. The van der Waals surface area contributed by atoms with Gasteiger partial charge in [0.1, 0.15) is 6.73 Å². The third-order valence-corrected chi connectivity index (χ3v) is 11.2. The number of rotatable bonds is 12. The zero-order valence-electron chi connectivity index (χ0n) is 25.6. The maximum atomic E-state index is 12.7. The van der Waals surface area contributed by atoms with Crippen molar-refractivity contribution in [2.24, 2.45) is 4.99 Å². The Morgan fingerprint density at radius 2 is 2.00 bits per heavy atom. The highest BCUT2D eigenvalue weighted by Crippen LogP contribution is 2.38. The Balaban J connectivity index is 1.49. The Hall–Kier alpha value is -2.97. The number of thiazole rings is 2. The number of ether oxygens (including phenoxy) is 2. The van der Waals surface area contributed by atoms with Crippen LogP contribution in [0, 0.1) is 6.92 Å². The van der Waals surface area contributed by atoms with Crippen molar-refractivity contribution in [1.29, 1.82) is 0 Å². The lowest BCUT2D eigenvalue weighted by atomic mass is 10.0. The highest BCUT2D eigenvalue weighted by Gasteiger charge is 2.28. The Morgan fingerprint density at radius 1 is 1.19 bits per heavy atom. The average molecular weight is 641 g/mol. The van der Waals surface area contributed by atoms with Gasteiger partial charge >= 0.3 is 5.97 Å². The lowest BCUT2D eigenvalue weighted by molar-refractivity contribution is 0.0519. The van der Waals surface area contributed by atoms with Gasteiger partial charge in [-0.2, -0.15) is 4.99 Å². The third-order valence-electron chi connectivity index (χ3n) is 7.32. The van der Waals surface area contributed by atoms with Gasteiger partial charge < -0.3 is 19.5 Å². The van der Waals surface area contributed by atoms with Gasteiger partial charge in [-0.15, -0.1) is 21.5 Å². The molecule has 4 aromatic rings. The highest BCUT2D eigenvalue weighted by atomic mass is 32.1. The van der Waals surface area contributed by atoms with Crippen LogP contribution in [0.3, 0.4) is 0 Å². The molecule has 1 aromatic carbocycles. The van der Waals surface area contributed by atoms with Crippen LogP contribution in [-0.2, 0) is 29.0 Å². The molecule has 0 spiro atoms. The van der Waals surface area contributed by atoms with E-state index >= 15 is 0 Å². The second-order valence-electron chi connectivity index (χ2n) is 11.8. The number of hydrogen-bond acceptors (Lipinski definition) is 11. The van der Waals surface area contributed by atoms with Crippen LogP contribution in [0.1, 0.15) is 46.3 Å². The van der Waals surface area contributed by atoms with Gasteiger partial charge in [-0.1, -0.05) is 43.1 Å². The van der Waals surface area contributed by atoms with E-state index in [0.29, 0.717) is 36.2 Å². The van der Waals surface area contributed by atoms with Gasteiger partial charge in [-0.05, 0) is 57.7 Å². The summed E-state index contributed by atoms with van der Waals surface area (Å²) >= 11 is 3.07. The second kappa shape index (κ2) is 13.8. The largest absolute Gasteiger partial charge is 0.461 e. The van der Waals surface area contributed by atoms with Crippen LogP contribution in [0.5, 0.6) is 0 Å². The highest BCUT2D eigenvalue weighted by molar-refractivity contribution is 7.16. The van der Waals surface area contributed by atoms with Crippen molar-refractivity contribution in [2.45, 2.75) is 71.9 Å². The van der Waals surface area contributed by atoms with Gasteiger partial charge in [0.15, 0.2) is 27.3 Å². The zero-order chi connectivity index (χ0) is 30.6. The first-order valence-corrected chi connectivity index (χ1v) is 20.2. The van der Waals surface area contributed by atoms with E-state index in [1.54, 1.807) is 18.3 Å². The molecule has 0 atom stereocenters. The average Bonchev–Trinajstić information content (AvgIpc) is 3.56. The van der Waals surface area contributed by atoms with Crippen LogP contribution in [-0.4, -0.2) is 65.3 Å². The molecule has 5 rings (SSSR count). The summed E-state index contributed by atoms with van der Waals surface area (Å²) in [6.45, 7) is 13.1. The maximum Gasteiger partial charge on any atom is 0.358 e. The minimum absolute atomic E-state index is 0.0450. The zero-order valence-corrected chi connectivity index (χ0v) is 28.2. The van der Waals surface area contributed by atoms with E-state index in [0.717, 1.165) is 68.9 Å². The number of aliphatic hydroxyl groups excluding tert-OH is 1. The van der Waals surface area contributed by atoms with Crippen LogP contribution < -0.4 is 9.70 Å². The molecule has 13 heteroatoms. The number of aliphatic hydroxyl groups is 1. The fraction of sp³-hybridized carbons (Fsp3) is 0.500. The summed E-state index contributed by atoms with van der Waals surface area (Å²) in [5, 5.41) is 19.3. The van der Waals surface area contributed by atoms with Crippen molar-refractivity contribution >= 4 is 63.7 Å². The molecular weight excluding hydrogens is 601 g/mol. The molecule has 230 valence electrons. The van der Waals surface area contributed by atoms with E-state index in [4.69, 9.17) is 19.5 Å². The Kier molecular flexibility index (Phi) is 10.1. The lowest BCUT2D eigenvalue weighted by Gasteiger charge is -2.28. The van der Waals surface area contributed by atoms with E-state index < -0.39 is 14.0 Å². The number of carbonyl (C=O) groups is 1. The number of aryl methyl sites for hydroxylation is 1. The van der Waals surface area contributed by atoms with Crippen molar-refractivity contribution in [3.8, 4) is 0 Å². The van der Waals surface area contributed by atoms with Crippen molar-refractivity contribution < 1.29 is 19.4 Å². The first-order valence-electron chi connectivity index (χ1n) is 14.8. The molecule has 0 radical (unpaired) electrons. The SMILES string of the molecule is CCOC(=O)c1nc(N2CCCc3c2nnc(N=c2sc4ccccc4n2COCC[Si](C)(C)C)c3C)sc1CCCO. The minimum atomic E-state index is -1.19. The number of aromatic nitrogens is 4. The van der Waals surface area contributed by atoms with Gasteiger partial charge in [0.05, 0.1) is 16.8 Å². The molecule has 0 saturated carbocycles. The fourth-order valence-electron chi connectivity index (χ4n) is 4.94. The number of hydrogen-bond donors (Lipinski definition) is 1. The van der Waals surface area contributed by atoms with E-state index in [9.17, 15) is 9.90 Å². The van der Waals surface area contributed by atoms with E-state index in [2.05, 4.69) is 53.5 Å². The summed E-state index contributed by atoms with van der Waals surface area (Å²) in [6, 6.07) is 9.39. The van der Waals surface area contributed by atoms with E-state index in [-0.39, 0.29) is 13.2 Å². The van der Waals surface area contributed by atoms with Crippen molar-refractivity contribution in [3.63, 3.8) is 0 Å². The van der Waals surface area contributed by atoms with Crippen molar-refractivity contribution in [3.05, 3.63) is 50.8 Å². The van der Waals surface area contributed by atoms with Crippen LogP contribution in [0.4, 0.5) is 16.8 Å². The van der Waals surface area contributed by atoms with Crippen LogP contribution in [0.25, 0.3) is 10.2 Å². The molecule has 1 aliphatic heterocycles. The summed E-state index contributed by atoms with van der Waals surface area (Å²) in [7, 11) is -1.19. The number of esters is 1. The third kappa shape index (κ3) is 7.23.